The van der Waals surface area contributed by atoms with Crippen molar-refractivity contribution in [2.75, 3.05) is 19.5 Å². The van der Waals surface area contributed by atoms with Gasteiger partial charge in [0, 0.05) is 12.9 Å². The molecule has 22 heavy (non-hydrogen) atoms. The highest BCUT2D eigenvalue weighted by atomic mass is 32.2. The van der Waals surface area contributed by atoms with E-state index in [0.29, 0.717) is 11.0 Å². The molecule has 3 heterocycles. The van der Waals surface area contributed by atoms with Crippen molar-refractivity contribution in [2.45, 2.75) is 23.0 Å². The smallest absolute Gasteiger partial charge is 0.379 e. The zero-order valence-electron chi connectivity index (χ0n) is 11.2. The predicted octanol–water partition coefficient (Wildman–Crippen LogP) is 1.57. The Hall–Kier alpha value is -1.33. The van der Waals surface area contributed by atoms with Gasteiger partial charge in [-0.1, -0.05) is 11.3 Å². The lowest BCUT2D eigenvalue weighted by Crippen LogP contribution is -2.33. The highest BCUT2D eigenvalue weighted by molar-refractivity contribution is 7.86. The highest BCUT2D eigenvalue weighted by Gasteiger charge is 2.40. The summed E-state index contributed by atoms with van der Waals surface area (Å²) in [5.41, 5.74) is -1.06. The molecule has 1 aliphatic heterocycles. The molecule has 0 amide bonds. The van der Waals surface area contributed by atoms with E-state index in [1.807, 2.05) is 0 Å². The molecule has 1 saturated heterocycles. The van der Waals surface area contributed by atoms with Crippen molar-refractivity contribution >= 4 is 32.5 Å². The summed E-state index contributed by atoms with van der Waals surface area (Å²) in [6.45, 7) is 0.306. The monoisotopic (exact) mass is 353 g/mol. The maximum atomic E-state index is 13.2. The first kappa shape index (κ1) is 15.6. The van der Waals surface area contributed by atoms with Crippen molar-refractivity contribution in [1.82, 2.24) is 14.5 Å². The molecule has 0 radical (unpaired) electrons. The molecule has 0 aromatic carbocycles. The molecule has 11 heteroatoms. The average molecular weight is 353 g/mol. The topological polar surface area (TPSA) is 74.1 Å². The number of halogens is 3. The molecule has 0 aliphatic carbocycles. The Kier molecular flexibility index (Phi) is 3.81. The van der Waals surface area contributed by atoms with Crippen LogP contribution in [-0.2, 0) is 21.7 Å². The standard InChI is InChI=1S/C11H10F3N3O3S2/c1-22(19)10-15-6-7(21-10)16-9(11(12,13)14)17(8(6)18)5-2-3-20-4-5/h5H,2-4H2,1H3/t5-,22?/m1/s1. The number of fused-ring (bicyclic) bond motifs is 1. The molecule has 120 valence electrons. The van der Waals surface area contributed by atoms with Crippen molar-refractivity contribution in [1.29, 1.82) is 0 Å². The highest BCUT2D eigenvalue weighted by Crippen LogP contribution is 2.32. The molecular weight excluding hydrogens is 343 g/mol. The van der Waals surface area contributed by atoms with Crippen LogP contribution in [0.5, 0.6) is 0 Å². The van der Waals surface area contributed by atoms with E-state index in [2.05, 4.69) is 9.97 Å². The van der Waals surface area contributed by atoms with Gasteiger partial charge in [-0.2, -0.15) is 13.2 Å². The summed E-state index contributed by atoms with van der Waals surface area (Å²) in [7, 11) is -1.49. The van der Waals surface area contributed by atoms with Gasteiger partial charge in [-0.15, -0.1) is 0 Å². The lowest BCUT2D eigenvalue weighted by molar-refractivity contribution is -0.148. The molecule has 0 saturated carbocycles. The second kappa shape index (κ2) is 5.39. The lowest BCUT2D eigenvalue weighted by Gasteiger charge is -2.18. The second-order valence-corrected chi connectivity index (χ2v) is 7.24. The van der Waals surface area contributed by atoms with Gasteiger partial charge in [0.25, 0.3) is 5.56 Å². The number of hydrogen-bond acceptors (Lipinski definition) is 6. The molecule has 3 rings (SSSR count). The zero-order valence-corrected chi connectivity index (χ0v) is 12.8. The second-order valence-electron chi connectivity index (χ2n) is 4.71. The fraction of sp³-hybridized carbons (Fsp3) is 0.545. The van der Waals surface area contributed by atoms with Gasteiger partial charge in [0.1, 0.15) is 0 Å². The van der Waals surface area contributed by atoms with Gasteiger partial charge < -0.3 is 4.74 Å². The first-order valence-electron chi connectivity index (χ1n) is 6.20. The van der Waals surface area contributed by atoms with Gasteiger partial charge in [-0.25, -0.2) is 9.97 Å². The molecule has 0 N–H and O–H groups in total. The molecule has 6 nitrogen and oxygen atoms in total. The van der Waals surface area contributed by atoms with E-state index >= 15 is 0 Å². The van der Waals surface area contributed by atoms with Gasteiger partial charge >= 0.3 is 6.18 Å². The summed E-state index contributed by atoms with van der Waals surface area (Å²) in [4.78, 5) is 19.7. The van der Waals surface area contributed by atoms with Crippen LogP contribution in [0.25, 0.3) is 10.3 Å². The molecule has 2 aromatic rings. The zero-order chi connectivity index (χ0) is 16.1. The molecule has 1 aliphatic rings. The van der Waals surface area contributed by atoms with Crippen LogP contribution in [0.4, 0.5) is 13.2 Å². The van der Waals surface area contributed by atoms with Gasteiger partial charge in [0.05, 0.1) is 23.4 Å². The number of alkyl halides is 3. The van der Waals surface area contributed by atoms with Crippen molar-refractivity contribution in [2.24, 2.45) is 0 Å². The Morgan fingerprint density at radius 2 is 2.14 bits per heavy atom. The third kappa shape index (κ3) is 2.57. The van der Waals surface area contributed by atoms with Crippen molar-refractivity contribution in [3.63, 3.8) is 0 Å². The summed E-state index contributed by atoms with van der Waals surface area (Å²) >= 11 is 0.734. The normalized spacial score (nSPS) is 20.6. The van der Waals surface area contributed by atoms with E-state index in [4.69, 9.17) is 4.74 Å². The molecular formula is C11H10F3N3O3S2. The number of thiazole rings is 1. The Morgan fingerprint density at radius 3 is 2.68 bits per heavy atom. The largest absolute Gasteiger partial charge is 0.449 e. The first-order chi connectivity index (χ1) is 10.3. The van der Waals surface area contributed by atoms with Crippen LogP contribution < -0.4 is 5.56 Å². The summed E-state index contributed by atoms with van der Waals surface area (Å²) in [6.07, 6.45) is -3.13. The van der Waals surface area contributed by atoms with Crippen LogP contribution in [0.15, 0.2) is 9.13 Å². The van der Waals surface area contributed by atoms with E-state index < -0.39 is 34.4 Å². The van der Waals surface area contributed by atoms with Crippen LogP contribution in [0.3, 0.4) is 0 Å². The van der Waals surface area contributed by atoms with E-state index in [0.717, 1.165) is 11.3 Å². The van der Waals surface area contributed by atoms with Gasteiger partial charge in [-0.3, -0.25) is 13.6 Å². The number of aromatic nitrogens is 3. The van der Waals surface area contributed by atoms with E-state index in [1.54, 1.807) is 0 Å². The summed E-state index contributed by atoms with van der Waals surface area (Å²) < 4.78 is 56.9. The van der Waals surface area contributed by atoms with Crippen molar-refractivity contribution in [3.8, 4) is 0 Å². The van der Waals surface area contributed by atoms with E-state index in [9.17, 15) is 22.2 Å². The summed E-state index contributed by atoms with van der Waals surface area (Å²) in [5.74, 6) is -1.27. The lowest BCUT2D eigenvalue weighted by atomic mass is 10.2. The number of rotatable bonds is 2. The van der Waals surface area contributed by atoms with Gasteiger partial charge in [0.2, 0.25) is 5.82 Å². The first-order valence-corrected chi connectivity index (χ1v) is 8.58. The number of ether oxygens (including phenoxy) is 1. The third-order valence-corrected chi connectivity index (χ3v) is 5.50. The average Bonchev–Trinajstić information content (AvgIpc) is 3.05. The summed E-state index contributed by atoms with van der Waals surface area (Å²) in [5, 5.41) is 0. The Labute approximate surface area is 128 Å². The van der Waals surface area contributed by atoms with Crippen LogP contribution >= 0.6 is 11.3 Å². The number of nitrogens with zero attached hydrogens (tertiary/aromatic N) is 3. The third-order valence-electron chi connectivity index (χ3n) is 3.22. The minimum atomic E-state index is -4.77. The fourth-order valence-corrected chi connectivity index (χ4v) is 3.85. The molecule has 1 fully saturated rings. The Morgan fingerprint density at radius 1 is 1.41 bits per heavy atom. The van der Waals surface area contributed by atoms with Gasteiger partial charge in [0.15, 0.2) is 14.7 Å². The molecule has 0 bridgehead atoms. The fourth-order valence-electron chi connectivity index (χ4n) is 2.26. The van der Waals surface area contributed by atoms with Crippen LogP contribution in [0.2, 0.25) is 0 Å². The van der Waals surface area contributed by atoms with Crippen LogP contribution in [0.1, 0.15) is 18.3 Å². The van der Waals surface area contributed by atoms with Crippen molar-refractivity contribution < 1.29 is 22.1 Å². The maximum absolute atomic E-state index is 13.2. The quantitative estimate of drug-likeness (QED) is 0.819. The van der Waals surface area contributed by atoms with E-state index in [1.165, 1.54) is 6.26 Å². The molecule has 1 unspecified atom stereocenters. The van der Waals surface area contributed by atoms with Gasteiger partial charge in [-0.05, 0) is 6.42 Å². The molecule has 0 spiro atoms. The summed E-state index contributed by atoms with van der Waals surface area (Å²) in [6, 6.07) is -0.724. The maximum Gasteiger partial charge on any atom is 0.449 e. The SMILES string of the molecule is CS(=O)c1nc2c(=O)n([C@@H]3CCOC3)c(C(F)(F)F)nc2s1. The van der Waals surface area contributed by atoms with Crippen LogP contribution in [0, 0.1) is 0 Å². The Balaban J connectivity index is 2.32. The van der Waals surface area contributed by atoms with Crippen molar-refractivity contribution in [3.05, 3.63) is 16.2 Å². The Bertz CT molecular complexity index is 808. The van der Waals surface area contributed by atoms with E-state index in [-0.39, 0.29) is 27.9 Å². The molecule has 2 atom stereocenters. The minimum absolute atomic E-state index is 0.0207. The van der Waals surface area contributed by atoms with Crippen LogP contribution in [-0.4, -0.2) is 38.2 Å². The predicted molar refractivity (Wildman–Crippen MR) is 73.5 cm³/mol. The number of hydrogen-bond donors (Lipinski definition) is 0. The minimum Gasteiger partial charge on any atom is -0.379 e. The molecule has 2 aromatic heterocycles.